The summed E-state index contributed by atoms with van der Waals surface area (Å²) in [6, 6.07) is 19.8. The molecule has 0 aromatic heterocycles. The first kappa shape index (κ1) is 19.6. The molecule has 28 heavy (non-hydrogen) atoms. The monoisotopic (exact) mass is 396 g/mol. The molecule has 6 heteroatoms. The van der Waals surface area contributed by atoms with Crippen molar-refractivity contribution in [1.82, 2.24) is 10.6 Å². The summed E-state index contributed by atoms with van der Waals surface area (Å²) in [6.45, 7) is 0.344. The van der Waals surface area contributed by atoms with Gasteiger partial charge in [0.2, 0.25) is 0 Å². The Bertz CT molecular complexity index is 930. The molecular formula is C22H18ClFN2O2. The van der Waals surface area contributed by atoms with E-state index in [1.807, 2.05) is 18.2 Å². The van der Waals surface area contributed by atoms with Crippen LogP contribution < -0.4 is 10.6 Å². The van der Waals surface area contributed by atoms with Gasteiger partial charge in [0, 0.05) is 34.8 Å². The highest BCUT2D eigenvalue weighted by Gasteiger charge is 2.11. The van der Waals surface area contributed by atoms with Gasteiger partial charge in [0.1, 0.15) is 5.82 Å². The number of carbonyl (C=O) groups is 2. The third kappa shape index (κ3) is 4.96. The molecule has 0 unspecified atom stereocenters. The van der Waals surface area contributed by atoms with Gasteiger partial charge in [-0.3, -0.25) is 9.59 Å². The van der Waals surface area contributed by atoms with Crippen molar-refractivity contribution in [3.05, 3.63) is 106 Å². The van der Waals surface area contributed by atoms with Crippen molar-refractivity contribution < 1.29 is 14.0 Å². The molecule has 0 fully saturated rings. The molecular weight excluding hydrogens is 379 g/mol. The number of carbonyl (C=O) groups excluding carboxylic acids is 2. The lowest BCUT2D eigenvalue weighted by atomic mass is 10.1. The molecule has 2 N–H and O–H groups in total. The molecule has 0 aliphatic rings. The largest absolute Gasteiger partial charge is 0.348 e. The maximum absolute atomic E-state index is 13.7. The second kappa shape index (κ2) is 9.15. The zero-order valence-corrected chi connectivity index (χ0v) is 15.7. The van der Waals surface area contributed by atoms with E-state index in [-0.39, 0.29) is 30.7 Å². The van der Waals surface area contributed by atoms with Crippen LogP contribution in [0.2, 0.25) is 5.02 Å². The topological polar surface area (TPSA) is 58.2 Å². The molecule has 0 heterocycles. The third-order valence-corrected chi connectivity index (χ3v) is 4.55. The lowest BCUT2D eigenvalue weighted by molar-refractivity contribution is 0.0950. The van der Waals surface area contributed by atoms with E-state index in [1.165, 1.54) is 12.1 Å². The molecule has 0 aliphatic heterocycles. The smallest absolute Gasteiger partial charge is 0.251 e. The van der Waals surface area contributed by atoms with E-state index in [4.69, 9.17) is 11.6 Å². The predicted molar refractivity (Wildman–Crippen MR) is 107 cm³/mol. The number of halogens is 2. The van der Waals surface area contributed by atoms with E-state index in [0.717, 1.165) is 5.56 Å². The lowest BCUT2D eigenvalue weighted by Gasteiger charge is -2.09. The first-order valence-corrected chi connectivity index (χ1v) is 9.05. The highest BCUT2D eigenvalue weighted by molar-refractivity contribution is 6.31. The summed E-state index contributed by atoms with van der Waals surface area (Å²) in [4.78, 5) is 24.7. The van der Waals surface area contributed by atoms with Crippen LogP contribution in [0.15, 0.2) is 72.8 Å². The molecule has 3 aromatic carbocycles. The summed E-state index contributed by atoms with van der Waals surface area (Å²) >= 11 is 6.09. The van der Waals surface area contributed by atoms with Gasteiger partial charge in [0.05, 0.1) is 0 Å². The van der Waals surface area contributed by atoms with Crippen LogP contribution in [-0.2, 0) is 13.1 Å². The molecule has 142 valence electrons. The van der Waals surface area contributed by atoms with E-state index < -0.39 is 0 Å². The maximum atomic E-state index is 13.7. The quantitative estimate of drug-likeness (QED) is 0.651. The Morgan fingerprint density at radius 1 is 0.750 bits per heavy atom. The van der Waals surface area contributed by atoms with Gasteiger partial charge in [0.25, 0.3) is 11.8 Å². The molecule has 4 nitrogen and oxygen atoms in total. The third-order valence-electron chi connectivity index (χ3n) is 4.18. The zero-order chi connectivity index (χ0) is 19.9. The van der Waals surface area contributed by atoms with Crippen LogP contribution in [0, 0.1) is 5.82 Å². The summed E-state index contributed by atoms with van der Waals surface area (Å²) in [6.07, 6.45) is 0. The number of nitrogens with one attached hydrogen (secondary N) is 2. The van der Waals surface area contributed by atoms with Crippen molar-refractivity contribution in [3.8, 4) is 0 Å². The van der Waals surface area contributed by atoms with Crippen molar-refractivity contribution in [2.75, 3.05) is 0 Å². The maximum Gasteiger partial charge on any atom is 0.251 e. The van der Waals surface area contributed by atoms with Crippen LogP contribution in [-0.4, -0.2) is 11.8 Å². The summed E-state index contributed by atoms with van der Waals surface area (Å²) in [7, 11) is 0. The molecule has 0 saturated heterocycles. The Labute approximate surface area is 167 Å². The lowest BCUT2D eigenvalue weighted by Crippen LogP contribution is -2.25. The second-order valence-corrected chi connectivity index (χ2v) is 6.54. The Kier molecular flexibility index (Phi) is 6.40. The fraction of sp³-hybridized carbons (Fsp3) is 0.0909. The SMILES string of the molecule is O=C(NCc1ccccc1F)c1cccc(C(=O)NCc2ccccc2Cl)c1. The molecule has 0 saturated carbocycles. The molecule has 0 atom stereocenters. The van der Waals surface area contributed by atoms with Crippen LogP contribution >= 0.6 is 11.6 Å². The van der Waals surface area contributed by atoms with E-state index >= 15 is 0 Å². The minimum Gasteiger partial charge on any atom is -0.348 e. The minimum atomic E-state index is -0.385. The molecule has 0 aliphatic carbocycles. The van der Waals surface area contributed by atoms with Gasteiger partial charge in [0.15, 0.2) is 0 Å². The van der Waals surface area contributed by atoms with Gasteiger partial charge < -0.3 is 10.6 Å². The summed E-state index contributed by atoms with van der Waals surface area (Å²) < 4.78 is 13.7. The van der Waals surface area contributed by atoms with Gasteiger partial charge >= 0.3 is 0 Å². The van der Waals surface area contributed by atoms with Gasteiger partial charge in [-0.1, -0.05) is 54.1 Å². The van der Waals surface area contributed by atoms with Crippen LogP contribution in [0.4, 0.5) is 4.39 Å². The van der Waals surface area contributed by atoms with Crippen LogP contribution in [0.3, 0.4) is 0 Å². The number of benzene rings is 3. The Balaban J connectivity index is 1.62. The number of hydrogen-bond donors (Lipinski definition) is 2. The highest BCUT2D eigenvalue weighted by atomic mass is 35.5. The van der Waals surface area contributed by atoms with E-state index in [0.29, 0.717) is 21.7 Å². The van der Waals surface area contributed by atoms with Gasteiger partial charge in [-0.25, -0.2) is 4.39 Å². The average molecular weight is 397 g/mol. The molecule has 0 radical (unpaired) electrons. The molecule has 3 aromatic rings. The van der Waals surface area contributed by atoms with Crippen LogP contribution in [0.5, 0.6) is 0 Å². The summed E-state index contributed by atoms with van der Waals surface area (Å²) in [5, 5.41) is 6.02. The summed E-state index contributed by atoms with van der Waals surface area (Å²) in [5.41, 5.74) is 1.87. The van der Waals surface area contributed by atoms with Crippen molar-refractivity contribution in [1.29, 1.82) is 0 Å². The standard InChI is InChI=1S/C22H18ClFN2O2/c23-19-10-3-1-6-17(19)13-25-21(27)15-8-5-9-16(12-15)22(28)26-14-18-7-2-4-11-20(18)24/h1-12H,13-14H2,(H,25,27)(H,26,28). The zero-order valence-electron chi connectivity index (χ0n) is 14.9. The molecule has 3 rings (SSSR count). The number of hydrogen-bond acceptors (Lipinski definition) is 2. The Morgan fingerprint density at radius 2 is 1.29 bits per heavy atom. The van der Waals surface area contributed by atoms with Crippen molar-refractivity contribution in [3.63, 3.8) is 0 Å². The normalized spacial score (nSPS) is 10.4. The van der Waals surface area contributed by atoms with E-state index in [1.54, 1.807) is 42.5 Å². The van der Waals surface area contributed by atoms with E-state index in [9.17, 15) is 14.0 Å². The average Bonchev–Trinajstić information content (AvgIpc) is 2.72. The van der Waals surface area contributed by atoms with Crippen LogP contribution in [0.1, 0.15) is 31.8 Å². The van der Waals surface area contributed by atoms with Crippen molar-refractivity contribution in [2.45, 2.75) is 13.1 Å². The van der Waals surface area contributed by atoms with E-state index in [2.05, 4.69) is 10.6 Å². The van der Waals surface area contributed by atoms with Crippen molar-refractivity contribution >= 4 is 23.4 Å². The Morgan fingerprint density at radius 3 is 1.89 bits per heavy atom. The van der Waals surface area contributed by atoms with Crippen molar-refractivity contribution in [2.24, 2.45) is 0 Å². The highest BCUT2D eigenvalue weighted by Crippen LogP contribution is 2.15. The number of amides is 2. The fourth-order valence-corrected chi connectivity index (χ4v) is 2.84. The summed E-state index contributed by atoms with van der Waals surface area (Å²) in [5.74, 6) is -1.08. The molecule has 2 amide bonds. The molecule has 0 bridgehead atoms. The Hall–Kier alpha value is -3.18. The van der Waals surface area contributed by atoms with Gasteiger partial charge in [-0.2, -0.15) is 0 Å². The van der Waals surface area contributed by atoms with Gasteiger partial charge in [-0.15, -0.1) is 0 Å². The number of rotatable bonds is 6. The molecule has 0 spiro atoms. The van der Waals surface area contributed by atoms with Crippen LogP contribution in [0.25, 0.3) is 0 Å². The predicted octanol–water partition coefficient (Wildman–Crippen LogP) is 4.34. The van der Waals surface area contributed by atoms with Gasteiger partial charge in [-0.05, 0) is 35.9 Å². The fourth-order valence-electron chi connectivity index (χ4n) is 2.64. The first-order chi connectivity index (χ1) is 13.5. The first-order valence-electron chi connectivity index (χ1n) is 8.68. The second-order valence-electron chi connectivity index (χ2n) is 6.13. The minimum absolute atomic E-state index is 0.0639.